The number of ether oxygens (including phenoxy) is 1. The predicted octanol–water partition coefficient (Wildman–Crippen LogP) is 1.60. The molecule has 4 nitrogen and oxygen atoms in total. The molecule has 4 heteroatoms. The second kappa shape index (κ2) is 5.19. The maximum absolute atomic E-state index is 12.5. The molecule has 1 aromatic rings. The van der Waals surface area contributed by atoms with Crippen LogP contribution in [-0.4, -0.2) is 37.1 Å². The lowest BCUT2D eigenvalue weighted by Gasteiger charge is -2.29. The Morgan fingerprint density at radius 1 is 1.35 bits per heavy atom. The van der Waals surface area contributed by atoms with Crippen LogP contribution in [0.1, 0.15) is 36.8 Å². The van der Waals surface area contributed by atoms with Crippen molar-refractivity contribution >= 4 is 5.91 Å². The number of nitrogens with zero attached hydrogens (tertiary/aromatic N) is 1. The van der Waals surface area contributed by atoms with Gasteiger partial charge in [0.1, 0.15) is 0 Å². The standard InChI is InChI=1S/C16H22N2O2/c1-12(15(19)18-7-9-20-10-8-18)13-3-2-4-14(11-13)16(17)5-6-16/h2-4,11-12H,5-10,17H2,1H3. The highest BCUT2D eigenvalue weighted by atomic mass is 16.5. The number of hydrogen-bond acceptors (Lipinski definition) is 3. The van der Waals surface area contributed by atoms with Gasteiger partial charge in [-0.05, 0) is 30.9 Å². The van der Waals surface area contributed by atoms with E-state index in [1.807, 2.05) is 24.0 Å². The fourth-order valence-corrected chi connectivity index (χ4v) is 2.74. The molecule has 0 radical (unpaired) electrons. The average molecular weight is 274 g/mol. The van der Waals surface area contributed by atoms with Crippen molar-refractivity contribution in [2.45, 2.75) is 31.2 Å². The SMILES string of the molecule is CC(C(=O)N1CCOCC1)c1cccc(C2(N)CC2)c1. The summed E-state index contributed by atoms with van der Waals surface area (Å²) >= 11 is 0. The lowest BCUT2D eigenvalue weighted by atomic mass is 9.94. The third-order valence-electron chi connectivity index (χ3n) is 4.44. The summed E-state index contributed by atoms with van der Waals surface area (Å²) in [5.74, 6) is 0.0720. The molecule has 1 saturated carbocycles. The molecule has 2 fully saturated rings. The predicted molar refractivity (Wildman–Crippen MR) is 77.4 cm³/mol. The molecule has 1 aliphatic heterocycles. The highest BCUT2D eigenvalue weighted by Crippen LogP contribution is 2.43. The molecule has 1 unspecified atom stereocenters. The third-order valence-corrected chi connectivity index (χ3v) is 4.44. The number of morpholine rings is 1. The fourth-order valence-electron chi connectivity index (χ4n) is 2.74. The third kappa shape index (κ3) is 2.58. The minimum absolute atomic E-state index is 0.115. The lowest BCUT2D eigenvalue weighted by Crippen LogP contribution is -2.42. The second-order valence-electron chi connectivity index (χ2n) is 5.94. The average Bonchev–Trinajstić information content (AvgIpc) is 3.26. The van der Waals surface area contributed by atoms with E-state index in [9.17, 15) is 4.79 Å². The zero-order valence-electron chi connectivity index (χ0n) is 12.0. The first kappa shape index (κ1) is 13.6. The van der Waals surface area contributed by atoms with Gasteiger partial charge in [0.2, 0.25) is 5.91 Å². The number of carbonyl (C=O) groups is 1. The number of nitrogens with two attached hydrogens (primary N) is 1. The highest BCUT2D eigenvalue weighted by molar-refractivity contribution is 5.83. The second-order valence-corrected chi connectivity index (χ2v) is 5.94. The van der Waals surface area contributed by atoms with Crippen LogP contribution >= 0.6 is 0 Å². The number of amides is 1. The molecule has 1 aromatic carbocycles. The van der Waals surface area contributed by atoms with Gasteiger partial charge in [0.05, 0.1) is 19.1 Å². The molecule has 1 saturated heterocycles. The lowest BCUT2D eigenvalue weighted by molar-refractivity contribution is -0.136. The maximum Gasteiger partial charge on any atom is 0.229 e. The first-order valence-electron chi connectivity index (χ1n) is 7.36. The van der Waals surface area contributed by atoms with Gasteiger partial charge >= 0.3 is 0 Å². The van der Waals surface area contributed by atoms with Crippen LogP contribution in [0.4, 0.5) is 0 Å². The molecule has 0 aromatic heterocycles. The molecule has 1 heterocycles. The van der Waals surface area contributed by atoms with Crippen LogP contribution < -0.4 is 5.73 Å². The Bertz CT molecular complexity index is 505. The van der Waals surface area contributed by atoms with Gasteiger partial charge in [-0.1, -0.05) is 24.3 Å². The van der Waals surface area contributed by atoms with E-state index >= 15 is 0 Å². The quantitative estimate of drug-likeness (QED) is 0.911. The largest absolute Gasteiger partial charge is 0.378 e. The topological polar surface area (TPSA) is 55.6 Å². The normalized spacial score (nSPS) is 22.4. The van der Waals surface area contributed by atoms with Crippen LogP contribution in [0.2, 0.25) is 0 Å². The number of carbonyl (C=O) groups excluding carboxylic acids is 1. The Kier molecular flexibility index (Phi) is 3.52. The molecule has 3 rings (SSSR count). The summed E-state index contributed by atoms with van der Waals surface area (Å²) < 4.78 is 5.30. The zero-order valence-corrected chi connectivity index (χ0v) is 12.0. The molecule has 2 aliphatic rings. The van der Waals surface area contributed by atoms with Crippen LogP contribution in [-0.2, 0) is 15.1 Å². The van der Waals surface area contributed by atoms with E-state index in [4.69, 9.17) is 10.5 Å². The molecule has 1 atom stereocenters. The smallest absolute Gasteiger partial charge is 0.229 e. The molecule has 0 spiro atoms. The molecular weight excluding hydrogens is 252 g/mol. The minimum atomic E-state index is -0.141. The monoisotopic (exact) mass is 274 g/mol. The van der Waals surface area contributed by atoms with Crippen LogP contribution in [0, 0.1) is 0 Å². The zero-order chi connectivity index (χ0) is 14.2. The summed E-state index contributed by atoms with van der Waals surface area (Å²) in [4.78, 5) is 14.4. The molecule has 1 amide bonds. The van der Waals surface area contributed by atoms with Gasteiger partial charge < -0.3 is 15.4 Å². The summed E-state index contributed by atoms with van der Waals surface area (Å²) in [6.07, 6.45) is 2.09. The van der Waals surface area contributed by atoms with Gasteiger partial charge in [-0.2, -0.15) is 0 Å². The highest BCUT2D eigenvalue weighted by Gasteiger charge is 2.40. The van der Waals surface area contributed by atoms with Crippen molar-refractivity contribution < 1.29 is 9.53 Å². The molecule has 0 bridgehead atoms. The van der Waals surface area contributed by atoms with E-state index in [0.717, 1.165) is 24.0 Å². The Morgan fingerprint density at radius 3 is 2.70 bits per heavy atom. The minimum Gasteiger partial charge on any atom is -0.378 e. The van der Waals surface area contributed by atoms with Gasteiger partial charge in [-0.25, -0.2) is 0 Å². The summed E-state index contributed by atoms with van der Waals surface area (Å²) in [7, 11) is 0. The van der Waals surface area contributed by atoms with E-state index < -0.39 is 0 Å². The van der Waals surface area contributed by atoms with Crippen molar-refractivity contribution in [2.24, 2.45) is 5.73 Å². The summed E-state index contributed by atoms with van der Waals surface area (Å²) in [6.45, 7) is 4.66. The molecular formula is C16H22N2O2. The van der Waals surface area contributed by atoms with E-state index in [-0.39, 0.29) is 17.4 Å². The maximum atomic E-state index is 12.5. The summed E-state index contributed by atoms with van der Waals surface area (Å²) in [5, 5.41) is 0. The van der Waals surface area contributed by atoms with E-state index in [0.29, 0.717) is 26.3 Å². The number of hydrogen-bond donors (Lipinski definition) is 1. The van der Waals surface area contributed by atoms with E-state index in [2.05, 4.69) is 12.1 Å². The Morgan fingerprint density at radius 2 is 2.05 bits per heavy atom. The fraction of sp³-hybridized carbons (Fsp3) is 0.562. The molecule has 108 valence electrons. The van der Waals surface area contributed by atoms with Gasteiger partial charge in [0.25, 0.3) is 0 Å². The first-order chi connectivity index (χ1) is 9.60. The number of rotatable bonds is 3. The van der Waals surface area contributed by atoms with Gasteiger partial charge in [-0.15, -0.1) is 0 Å². The molecule has 2 N–H and O–H groups in total. The van der Waals surface area contributed by atoms with Crippen molar-refractivity contribution in [3.63, 3.8) is 0 Å². The van der Waals surface area contributed by atoms with E-state index in [1.54, 1.807) is 0 Å². The Labute approximate surface area is 119 Å². The van der Waals surface area contributed by atoms with Crippen LogP contribution in [0.25, 0.3) is 0 Å². The number of benzene rings is 1. The van der Waals surface area contributed by atoms with E-state index in [1.165, 1.54) is 0 Å². The van der Waals surface area contributed by atoms with Crippen molar-refractivity contribution in [3.05, 3.63) is 35.4 Å². The van der Waals surface area contributed by atoms with Crippen molar-refractivity contribution in [1.82, 2.24) is 4.90 Å². The molecule has 1 aliphatic carbocycles. The van der Waals surface area contributed by atoms with Crippen LogP contribution in [0.3, 0.4) is 0 Å². The van der Waals surface area contributed by atoms with Crippen molar-refractivity contribution in [2.75, 3.05) is 26.3 Å². The van der Waals surface area contributed by atoms with Gasteiger partial charge in [0, 0.05) is 18.6 Å². The summed E-state index contributed by atoms with van der Waals surface area (Å²) in [5.41, 5.74) is 8.33. The Balaban J connectivity index is 1.76. The van der Waals surface area contributed by atoms with Gasteiger partial charge in [-0.3, -0.25) is 4.79 Å². The van der Waals surface area contributed by atoms with Gasteiger partial charge in [0.15, 0.2) is 0 Å². The first-order valence-corrected chi connectivity index (χ1v) is 7.36. The van der Waals surface area contributed by atoms with Crippen LogP contribution in [0.15, 0.2) is 24.3 Å². The van der Waals surface area contributed by atoms with Crippen molar-refractivity contribution in [1.29, 1.82) is 0 Å². The molecule has 20 heavy (non-hydrogen) atoms. The van der Waals surface area contributed by atoms with Crippen LogP contribution in [0.5, 0.6) is 0 Å². The summed E-state index contributed by atoms with van der Waals surface area (Å²) in [6, 6.07) is 8.22. The van der Waals surface area contributed by atoms with Crippen molar-refractivity contribution in [3.8, 4) is 0 Å². The Hall–Kier alpha value is -1.39.